The van der Waals surface area contributed by atoms with Crippen LogP contribution in [0.2, 0.25) is 0 Å². The molecule has 0 bridgehead atoms. The van der Waals surface area contributed by atoms with Gasteiger partial charge in [-0.2, -0.15) is 5.10 Å². The van der Waals surface area contributed by atoms with E-state index in [-0.39, 0.29) is 0 Å². The molecule has 0 aliphatic carbocycles. The predicted molar refractivity (Wildman–Crippen MR) is 79.2 cm³/mol. The van der Waals surface area contributed by atoms with Gasteiger partial charge >= 0.3 is 0 Å². The number of hydrogen-bond acceptors (Lipinski definition) is 3. The minimum atomic E-state index is 0.297. The molecule has 4 nitrogen and oxygen atoms in total. The first-order valence-electron chi connectivity index (χ1n) is 5.94. The molecular weight excluding hydrogens is 246 g/mol. The lowest BCUT2D eigenvalue weighted by atomic mass is 10.2. The van der Waals surface area contributed by atoms with Crippen molar-refractivity contribution in [2.24, 2.45) is 5.10 Å². The summed E-state index contributed by atoms with van der Waals surface area (Å²) in [4.78, 5) is 0. The van der Waals surface area contributed by atoms with Crippen molar-refractivity contribution in [2.45, 2.75) is 26.8 Å². The highest BCUT2D eigenvalue weighted by molar-refractivity contribution is 7.80. The number of ether oxygens (including phenoxy) is 1. The third-order valence-electron chi connectivity index (χ3n) is 1.99. The molecular formula is C13H19N3OS. The molecule has 0 fully saturated rings. The molecule has 0 amide bonds. The molecule has 18 heavy (non-hydrogen) atoms. The van der Waals surface area contributed by atoms with Gasteiger partial charge < -0.3 is 10.1 Å². The molecule has 0 spiro atoms. The topological polar surface area (TPSA) is 45.6 Å². The molecule has 0 aliphatic rings. The molecule has 1 aromatic rings. The second-order valence-corrected chi connectivity index (χ2v) is 4.41. The minimum Gasteiger partial charge on any atom is -0.494 e. The van der Waals surface area contributed by atoms with Crippen LogP contribution in [0.1, 0.15) is 26.3 Å². The second-order valence-electron chi connectivity index (χ2n) is 4.00. The summed E-state index contributed by atoms with van der Waals surface area (Å²) < 4.78 is 5.36. The summed E-state index contributed by atoms with van der Waals surface area (Å²) in [5.74, 6) is 0.861. The zero-order valence-electron chi connectivity index (χ0n) is 10.9. The van der Waals surface area contributed by atoms with Gasteiger partial charge in [0.25, 0.3) is 0 Å². The van der Waals surface area contributed by atoms with Crippen molar-refractivity contribution < 1.29 is 4.74 Å². The van der Waals surface area contributed by atoms with Crippen LogP contribution >= 0.6 is 12.2 Å². The predicted octanol–water partition coefficient (Wildman–Crippen LogP) is 2.29. The normalized spacial score (nSPS) is 10.7. The van der Waals surface area contributed by atoms with Crippen LogP contribution in [0.25, 0.3) is 0 Å². The first-order valence-corrected chi connectivity index (χ1v) is 6.35. The molecule has 98 valence electrons. The van der Waals surface area contributed by atoms with Gasteiger partial charge in [-0.15, -0.1) is 0 Å². The van der Waals surface area contributed by atoms with Crippen molar-refractivity contribution in [2.75, 3.05) is 6.61 Å². The van der Waals surface area contributed by atoms with Crippen molar-refractivity contribution in [1.29, 1.82) is 0 Å². The number of nitrogens with one attached hydrogen (secondary N) is 2. The lowest BCUT2D eigenvalue weighted by molar-refractivity contribution is 0.340. The van der Waals surface area contributed by atoms with E-state index in [9.17, 15) is 0 Å². The van der Waals surface area contributed by atoms with E-state index in [1.54, 1.807) is 6.21 Å². The standard InChI is InChI=1S/C13H19N3OS/c1-4-17-12-7-5-11(6-8-12)9-14-16-13(18)15-10(2)3/h5-10H,4H2,1-3H3,(H2,15,16,18)/b14-9-. The minimum absolute atomic E-state index is 0.297. The maximum absolute atomic E-state index is 5.36. The van der Waals surface area contributed by atoms with E-state index in [1.165, 1.54) is 0 Å². The fraction of sp³-hybridized carbons (Fsp3) is 0.385. The summed E-state index contributed by atoms with van der Waals surface area (Å²) in [5, 5.41) is 7.61. The van der Waals surface area contributed by atoms with Crippen LogP contribution in [0.5, 0.6) is 5.75 Å². The van der Waals surface area contributed by atoms with E-state index >= 15 is 0 Å². The monoisotopic (exact) mass is 265 g/mol. The molecule has 5 heteroatoms. The van der Waals surface area contributed by atoms with Gasteiger partial charge in [-0.05, 0) is 62.8 Å². The highest BCUT2D eigenvalue weighted by Crippen LogP contribution is 2.10. The van der Waals surface area contributed by atoms with E-state index in [2.05, 4.69) is 15.8 Å². The van der Waals surface area contributed by atoms with Crippen LogP contribution < -0.4 is 15.5 Å². The van der Waals surface area contributed by atoms with Gasteiger partial charge in [0.05, 0.1) is 12.8 Å². The molecule has 0 saturated heterocycles. The first kappa shape index (κ1) is 14.4. The SMILES string of the molecule is CCOc1ccc(/C=N\NC(=S)NC(C)C)cc1. The molecule has 1 rings (SSSR count). The van der Waals surface area contributed by atoms with Gasteiger partial charge in [-0.3, -0.25) is 5.43 Å². The van der Waals surface area contributed by atoms with Crippen molar-refractivity contribution in [3.05, 3.63) is 29.8 Å². The summed E-state index contributed by atoms with van der Waals surface area (Å²) in [6.07, 6.45) is 1.71. The molecule has 0 radical (unpaired) electrons. The van der Waals surface area contributed by atoms with E-state index < -0.39 is 0 Å². The Morgan fingerprint density at radius 1 is 1.39 bits per heavy atom. The molecule has 0 heterocycles. The first-order chi connectivity index (χ1) is 8.61. The number of rotatable bonds is 5. The van der Waals surface area contributed by atoms with E-state index in [0.717, 1.165) is 11.3 Å². The van der Waals surface area contributed by atoms with Crippen LogP contribution in [0.3, 0.4) is 0 Å². The second kappa shape index (κ2) is 7.66. The quantitative estimate of drug-likeness (QED) is 0.487. The maximum atomic E-state index is 5.36. The van der Waals surface area contributed by atoms with Gasteiger partial charge in [-0.1, -0.05) is 0 Å². The lowest BCUT2D eigenvalue weighted by Crippen LogP contribution is -2.36. The Morgan fingerprint density at radius 3 is 2.61 bits per heavy atom. The summed E-state index contributed by atoms with van der Waals surface area (Å²) in [6, 6.07) is 8.00. The fourth-order valence-corrected chi connectivity index (χ4v) is 1.57. The van der Waals surface area contributed by atoms with Gasteiger partial charge in [0.1, 0.15) is 5.75 Å². The van der Waals surface area contributed by atoms with Gasteiger partial charge in [0, 0.05) is 6.04 Å². The molecule has 0 unspecified atom stereocenters. The fourth-order valence-electron chi connectivity index (χ4n) is 1.28. The third-order valence-corrected chi connectivity index (χ3v) is 2.20. The van der Waals surface area contributed by atoms with Crippen LogP contribution in [-0.2, 0) is 0 Å². The number of benzene rings is 1. The molecule has 0 aliphatic heterocycles. The maximum Gasteiger partial charge on any atom is 0.187 e. The molecule has 1 aromatic carbocycles. The van der Waals surface area contributed by atoms with Crippen LogP contribution in [-0.4, -0.2) is 24.0 Å². The highest BCUT2D eigenvalue weighted by Gasteiger charge is 1.95. The summed E-state index contributed by atoms with van der Waals surface area (Å²) in [6.45, 7) is 6.67. The number of hydrogen-bond donors (Lipinski definition) is 2. The van der Waals surface area contributed by atoms with Crippen molar-refractivity contribution in [1.82, 2.24) is 10.7 Å². The van der Waals surface area contributed by atoms with Crippen molar-refractivity contribution in [3.8, 4) is 5.75 Å². The van der Waals surface area contributed by atoms with Crippen LogP contribution in [0.15, 0.2) is 29.4 Å². The van der Waals surface area contributed by atoms with E-state index in [4.69, 9.17) is 17.0 Å². The van der Waals surface area contributed by atoms with Crippen LogP contribution in [0, 0.1) is 0 Å². The number of hydrazone groups is 1. The molecule has 0 atom stereocenters. The summed E-state index contributed by atoms with van der Waals surface area (Å²) in [7, 11) is 0. The van der Waals surface area contributed by atoms with Gasteiger partial charge in [0.15, 0.2) is 5.11 Å². The summed E-state index contributed by atoms with van der Waals surface area (Å²) >= 11 is 5.04. The van der Waals surface area contributed by atoms with Crippen molar-refractivity contribution in [3.63, 3.8) is 0 Å². The van der Waals surface area contributed by atoms with E-state index in [0.29, 0.717) is 17.8 Å². The Balaban J connectivity index is 2.44. The number of thiocarbonyl (C=S) groups is 1. The lowest BCUT2D eigenvalue weighted by Gasteiger charge is -2.09. The number of nitrogens with zero attached hydrogens (tertiary/aromatic N) is 1. The highest BCUT2D eigenvalue weighted by atomic mass is 32.1. The van der Waals surface area contributed by atoms with Crippen molar-refractivity contribution >= 4 is 23.5 Å². The Bertz CT molecular complexity index is 401. The zero-order valence-corrected chi connectivity index (χ0v) is 11.8. The van der Waals surface area contributed by atoms with Crippen LogP contribution in [0.4, 0.5) is 0 Å². The molecule has 0 saturated carbocycles. The van der Waals surface area contributed by atoms with Gasteiger partial charge in [0.2, 0.25) is 0 Å². The van der Waals surface area contributed by atoms with E-state index in [1.807, 2.05) is 45.0 Å². The summed E-state index contributed by atoms with van der Waals surface area (Å²) in [5.41, 5.74) is 3.75. The average molecular weight is 265 g/mol. The molecule has 2 N–H and O–H groups in total. The Kier molecular flexibility index (Phi) is 6.14. The largest absolute Gasteiger partial charge is 0.494 e. The smallest absolute Gasteiger partial charge is 0.187 e. The Morgan fingerprint density at radius 2 is 2.06 bits per heavy atom. The third kappa shape index (κ3) is 5.63. The zero-order chi connectivity index (χ0) is 13.4. The molecule has 0 aromatic heterocycles. The average Bonchev–Trinajstić information content (AvgIpc) is 2.31. The Labute approximate surface area is 113 Å². The van der Waals surface area contributed by atoms with Gasteiger partial charge in [-0.25, -0.2) is 0 Å². The Hall–Kier alpha value is -1.62.